The van der Waals surface area contributed by atoms with E-state index in [-0.39, 0.29) is 6.54 Å². The minimum Gasteiger partial charge on any atom is -0.382 e. The molecule has 1 N–H and O–H groups in total. The Kier molecular flexibility index (Phi) is 7.29. The summed E-state index contributed by atoms with van der Waals surface area (Å²) < 4.78 is 33.2. The van der Waals surface area contributed by atoms with Crippen molar-refractivity contribution in [3.05, 3.63) is 54.1 Å². The minimum absolute atomic E-state index is 0.341. The van der Waals surface area contributed by atoms with Gasteiger partial charge in [-0.2, -0.15) is 0 Å². The highest BCUT2D eigenvalue weighted by Gasteiger charge is 2.23. The summed E-state index contributed by atoms with van der Waals surface area (Å²) in [5, 5.41) is 2.80. The molecule has 0 aliphatic heterocycles. The van der Waals surface area contributed by atoms with Crippen molar-refractivity contribution in [1.29, 1.82) is 0 Å². The number of ether oxygens (including phenoxy) is 1. The Morgan fingerprint density at radius 3 is 2.58 bits per heavy atom. The Bertz CT molecular complexity index is 1160. The average Bonchev–Trinajstić information content (AvgIpc) is 3.06. The van der Waals surface area contributed by atoms with Crippen molar-refractivity contribution in [3.8, 4) is 0 Å². The zero-order valence-electron chi connectivity index (χ0n) is 18.0. The predicted molar refractivity (Wildman–Crippen MR) is 123 cm³/mol. The first-order valence-electron chi connectivity index (χ1n) is 10.2. The fourth-order valence-corrected chi connectivity index (χ4v) is 4.30. The standard InChI is InChI=1S/C22H28N4O4S/c1-4-30-15-9-14-25-20-13-8-6-11-18(20)23-22(25)24-21(27)16-26(31(3,28)29)19-12-7-5-10-17(19)2/h5-8,10-13H,4,9,14-16H2,1-3H3,(H,23,24,27). The molecule has 0 saturated carbocycles. The third-order valence-corrected chi connectivity index (χ3v) is 5.98. The van der Waals surface area contributed by atoms with Crippen molar-refractivity contribution in [1.82, 2.24) is 9.55 Å². The van der Waals surface area contributed by atoms with Gasteiger partial charge in [-0.15, -0.1) is 0 Å². The second-order valence-electron chi connectivity index (χ2n) is 7.23. The molecule has 0 fully saturated rings. The number of aromatic nitrogens is 2. The number of carbonyl (C=O) groups is 1. The lowest BCUT2D eigenvalue weighted by atomic mass is 10.2. The molecule has 0 atom stereocenters. The van der Waals surface area contributed by atoms with Crippen LogP contribution in [-0.4, -0.2) is 49.9 Å². The van der Waals surface area contributed by atoms with Crippen LogP contribution in [0.2, 0.25) is 0 Å². The Morgan fingerprint density at radius 2 is 1.87 bits per heavy atom. The van der Waals surface area contributed by atoms with Gasteiger partial charge in [-0.1, -0.05) is 30.3 Å². The van der Waals surface area contributed by atoms with Crippen LogP contribution >= 0.6 is 0 Å². The lowest BCUT2D eigenvalue weighted by Gasteiger charge is -2.23. The van der Waals surface area contributed by atoms with Crippen molar-refractivity contribution in [2.75, 3.05) is 35.6 Å². The van der Waals surface area contributed by atoms with Gasteiger partial charge >= 0.3 is 0 Å². The van der Waals surface area contributed by atoms with E-state index in [1.165, 1.54) is 0 Å². The number of sulfonamides is 1. The summed E-state index contributed by atoms with van der Waals surface area (Å²) in [5.74, 6) is -0.0732. The van der Waals surface area contributed by atoms with Crippen LogP contribution in [0.4, 0.5) is 11.6 Å². The molecule has 1 heterocycles. The van der Waals surface area contributed by atoms with Crippen LogP contribution in [-0.2, 0) is 26.1 Å². The second-order valence-corrected chi connectivity index (χ2v) is 9.14. The zero-order valence-corrected chi connectivity index (χ0v) is 18.9. The molecule has 0 unspecified atom stereocenters. The third-order valence-electron chi connectivity index (χ3n) is 4.85. The maximum atomic E-state index is 12.9. The van der Waals surface area contributed by atoms with Crippen LogP contribution in [0.1, 0.15) is 18.9 Å². The molecule has 3 rings (SSSR count). The highest BCUT2D eigenvalue weighted by Crippen LogP contribution is 2.23. The molecule has 9 heteroatoms. The van der Waals surface area contributed by atoms with E-state index in [1.54, 1.807) is 12.1 Å². The predicted octanol–water partition coefficient (Wildman–Crippen LogP) is 3.18. The molecule has 8 nitrogen and oxygen atoms in total. The lowest BCUT2D eigenvalue weighted by Crippen LogP contribution is -2.38. The smallest absolute Gasteiger partial charge is 0.247 e. The van der Waals surface area contributed by atoms with Crippen LogP contribution in [0.3, 0.4) is 0 Å². The first-order valence-corrected chi connectivity index (χ1v) is 12.0. The molecular formula is C22H28N4O4S. The first-order chi connectivity index (χ1) is 14.8. The van der Waals surface area contributed by atoms with Crippen molar-refractivity contribution >= 4 is 38.6 Å². The maximum absolute atomic E-state index is 12.9. The first kappa shape index (κ1) is 22.8. The van der Waals surface area contributed by atoms with Gasteiger partial charge in [-0.3, -0.25) is 14.4 Å². The number of nitrogens with one attached hydrogen (secondary N) is 1. The van der Waals surface area contributed by atoms with E-state index in [9.17, 15) is 13.2 Å². The number of benzene rings is 2. The van der Waals surface area contributed by atoms with Crippen molar-refractivity contribution in [2.45, 2.75) is 26.8 Å². The number of amides is 1. The Balaban J connectivity index is 1.84. The van der Waals surface area contributed by atoms with Gasteiger partial charge in [0.2, 0.25) is 21.9 Å². The molecule has 0 saturated heterocycles. The normalized spacial score (nSPS) is 11.6. The number of para-hydroxylation sites is 3. The molecule has 3 aromatic rings. The SMILES string of the molecule is CCOCCCn1c(NC(=O)CN(c2ccccc2C)S(C)(=O)=O)nc2ccccc21. The number of nitrogens with zero attached hydrogens (tertiary/aromatic N) is 3. The van der Waals surface area contributed by atoms with Gasteiger partial charge < -0.3 is 9.30 Å². The van der Waals surface area contributed by atoms with Gasteiger partial charge in [-0.05, 0) is 44.0 Å². The fourth-order valence-electron chi connectivity index (χ4n) is 3.39. The quantitative estimate of drug-likeness (QED) is 0.485. The Labute approximate surface area is 182 Å². The van der Waals surface area contributed by atoms with Crippen LogP contribution < -0.4 is 9.62 Å². The van der Waals surface area contributed by atoms with Gasteiger partial charge in [0.05, 0.1) is 23.0 Å². The molecule has 2 aromatic carbocycles. The second kappa shape index (κ2) is 9.93. The molecule has 1 aromatic heterocycles. The van der Waals surface area contributed by atoms with Crippen molar-refractivity contribution in [2.24, 2.45) is 0 Å². The summed E-state index contributed by atoms with van der Waals surface area (Å²) in [6.45, 7) is 5.28. The maximum Gasteiger partial charge on any atom is 0.247 e. The van der Waals surface area contributed by atoms with Gasteiger partial charge in [0.15, 0.2) is 0 Å². The van der Waals surface area contributed by atoms with E-state index in [1.807, 2.05) is 54.8 Å². The molecule has 1 amide bonds. The number of imidazole rings is 1. The number of rotatable bonds is 10. The summed E-state index contributed by atoms with van der Waals surface area (Å²) in [5.41, 5.74) is 2.90. The molecular weight excluding hydrogens is 416 g/mol. The number of carbonyl (C=O) groups excluding carboxylic acids is 1. The van der Waals surface area contributed by atoms with Gasteiger partial charge in [-0.25, -0.2) is 13.4 Å². The monoisotopic (exact) mass is 444 g/mol. The lowest BCUT2D eigenvalue weighted by molar-refractivity contribution is -0.114. The van der Waals surface area contributed by atoms with Crippen molar-refractivity contribution in [3.63, 3.8) is 0 Å². The fraction of sp³-hybridized carbons (Fsp3) is 0.364. The van der Waals surface area contributed by atoms with Gasteiger partial charge in [0.25, 0.3) is 0 Å². The van der Waals surface area contributed by atoms with Crippen LogP contribution in [0.25, 0.3) is 11.0 Å². The summed E-state index contributed by atoms with van der Waals surface area (Å²) in [6, 6.07) is 14.7. The van der Waals surface area contributed by atoms with Crippen LogP contribution in [0.5, 0.6) is 0 Å². The van der Waals surface area contributed by atoms with Crippen LogP contribution in [0.15, 0.2) is 48.5 Å². The van der Waals surface area contributed by atoms with E-state index in [2.05, 4.69) is 10.3 Å². The zero-order chi connectivity index (χ0) is 22.4. The molecule has 0 aliphatic rings. The number of hydrogen-bond acceptors (Lipinski definition) is 5. The molecule has 0 radical (unpaired) electrons. The number of aryl methyl sites for hydroxylation is 2. The minimum atomic E-state index is -3.65. The summed E-state index contributed by atoms with van der Waals surface area (Å²) >= 11 is 0. The Hall–Kier alpha value is -2.91. The molecule has 0 aliphatic carbocycles. The van der Waals surface area contributed by atoms with Gasteiger partial charge in [0.1, 0.15) is 6.54 Å². The summed E-state index contributed by atoms with van der Waals surface area (Å²) in [6.07, 6.45) is 1.85. The van der Waals surface area contributed by atoms with E-state index < -0.39 is 15.9 Å². The van der Waals surface area contributed by atoms with E-state index in [0.717, 1.165) is 33.6 Å². The third kappa shape index (κ3) is 5.62. The highest BCUT2D eigenvalue weighted by molar-refractivity contribution is 7.92. The molecule has 31 heavy (non-hydrogen) atoms. The summed E-state index contributed by atoms with van der Waals surface area (Å²) in [4.78, 5) is 17.4. The number of hydrogen-bond donors (Lipinski definition) is 1. The van der Waals surface area contributed by atoms with E-state index in [0.29, 0.717) is 31.4 Å². The Morgan fingerprint density at radius 1 is 1.16 bits per heavy atom. The topological polar surface area (TPSA) is 93.5 Å². The number of fused-ring (bicyclic) bond motifs is 1. The van der Waals surface area contributed by atoms with E-state index in [4.69, 9.17) is 4.74 Å². The molecule has 166 valence electrons. The summed E-state index contributed by atoms with van der Waals surface area (Å²) in [7, 11) is -3.65. The van der Waals surface area contributed by atoms with E-state index >= 15 is 0 Å². The average molecular weight is 445 g/mol. The highest BCUT2D eigenvalue weighted by atomic mass is 32.2. The largest absolute Gasteiger partial charge is 0.382 e. The molecule has 0 bridgehead atoms. The number of anilines is 2. The molecule has 0 spiro atoms. The van der Waals surface area contributed by atoms with Crippen molar-refractivity contribution < 1.29 is 17.9 Å². The van der Waals surface area contributed by atoms with Crippen LogP contribution in [0, 0.1) is 6.92 Å². The van der Waals surface area contributed by atoms with Gasteiger partial charge in [0, 0.05) is 19.8 Å².